The second kappa shape index (κ2) is 8.32. The van der Waals surface area contributed by atoms with Gasteiger partial charge in [-0.3, -0.25) is 4.90 Å². The van der Waals surface area contributed by atoms with Gasteiger partial charge in [-0.1, -0.05) is 6.07 Å². The minimum atomic E-state index is -0.282. The van der Waals surface area contributed by atoms with E-state index in [0.29, 0.717) is 5.75 Å². The highest BCUT2D eigenvalue weighted by atomic mass is 19.1. The van der Waals surface area contributed by atoms with Crippen molar-refractivity contribution >= 4 is 0 Å². The molecule has 5 heteroatoms. The van der Waals surface area contributed by atoms with Crippen molar-refractivity contribution in [3.8, 4) is 5.75 Å². The molecule has 4 nitrogen and oxygen atoms in total. The van der Waals surface area contributed by atoms with E-state index in [9.17, 15) is 4.39 Å². The van der Waals surface area contributed by atoms with E-state index in [2.05, 4.69) is 9.80 Å². The van der Waals surface area contributed by atoms with E-state index in [1.807, 2.05) is 6.07 Å². The van der Waals surface area contributed by atoms with E-state index in [4.69, 9.17) is 10.5 Å². The van der Waals surface area contributed by atoms with Gasteiger partial charge in [-0.15, -0.1) is 0 Å². The normalized spacial score (nSPS) is 17.1. The largest absolute Gasteiger partial charge is 0.494 e. The maximum Gasteiger partial charge on any atom is 0.165 e. The second-order valence-corrected chi connectivity index (χ2v) is 5.58. The molecular formula is C16H26FN3O. The molecule has 2 N–H and O–H groups in total. The number of halogens is 1. The molecule has 0 aromatic heterocycles. The van der Waals surface area contributed by atoms with Gasteiger partial charge in [0.1, 0.15) is 0 Å². The van der Waals surface area contributed by atoms with Gasteiger partial charge in [-0.2, -0.15) is 0 Å². The number of rotatable bonds is 7. The summed E-state index contributed by atoms with van der Waals surface area (Å²) < 4.78 is 18.6. The number of ether oxygens (including phenoxy) is 1. The molecule has 1 aliphatic heterocycles. The van der Waals surface area contributed by atoms with Crippen molar-refractivity contribution in [3.63, 3.8) is 0 Å². The molecular weight excluding hydrogens is 269 g/mol. The first kappa shape index (κ1) is 16.2. The number of piperazine rings is 1. The number of hydrogen-bond acceptors (Lipinski definition) is 4. The van der Waals surface area contributed by atoms with Gasteiger partial charge in [0.05, 0.1) is 7.11 Å². The number of unbranched alkanes of at least 4 members (excludes halogenated alkanes) is 1. The van der Waals surface area contributed by atoms with Gasteiger partial charge >= 0.3 is 0 Å². The highest BCUT2D eigenvalue weighted by Gasteiger charge is 2.16. The van der Waals surface area contributed by atoms with Crippen molar-refractivity contribution in [2.24, 2.45) is 5.73 Å². The van der Waals surface area contributed by atoms with Crippen molar-refractivity contribution in [2.75, 3.05) is 46.4 Å². The number of nitrogens with two attached hydrogens (primary N) is 1. The summed E-state index contributed by atoms with van der Waals surface area (Å²) in [5.74, 6) is 0.0268. The summed E-state index contributed by atoms with van der Waals surface area (Å²) in [7, 11) is 1.49. The Morgan fingerprint density at radius 3 is 2.48 bits per heavy atom. The van der Waals surface area contributed by atoms with Crippen LogP contribution in [-0.2, 0) is 6.54 Å². The van der Waals surface area contributed by atoms with Gasteiger partial charge in [-0.05, 0) is 43.6 Å². The summed E-state index contributed by atoms with van der Waals surface area (Å²) in [6.45, 7) is 6.97. The third-order valence-electron chi connectivity index (χ3n) is 4.02. The molecule has 0 radical (unpaired) electrons. The van der Waals surface area contributed by atoms with Gasteiger partial charge in [0, 0.05) is 32.7 Å². The quantitative estimate of drug-likeness (QED) is 0.777. The van der Waals surface area contributed by atoms with Crippen LogP contribution in [0.2, 0.25) is 0 Å². The van der Waals surface area contributed by atoms with Gasteiger partial charge in [-0.25, -0.2) is 4.39 Å². The average molecular weight is 295 g/mol. The first-order valence-electron chi connectivity index (χ1n) is 7.70. The van der Waals surface area contributed by atoms with E-state index in [-0.39, 0.29) is 5.82 Å². The van der Waals surface area contributed by atoms with Crippen LogP contribution in [0.4, 0.5) is 4.39 Å². The molecule has 1 aliphatic rings. The Kier molecular flexibility index (Phi) is 6.42. The monoisotopic (exact) mass is 295 g/mol. The fourth-order valence-corrected chi connectivity index (χ4v) is 2.72. The zero-order chi connectivity index (χ0) is 15.1. The smallest absolute Gasteiger partial charge is 0.165 e. The summed E-state index contributed by atoms with van der Waals surface area (Å²) in [6, 6.07) is 5.22. The summed E-state index contributed by atoms with van der Waals surface area (Å²) in [6.07, 6.45) is 2.28. The van der Waals surface area contributed by atoms with Crippen molar-refractivity contribution in [3.05, 3.63) is 29.6 Å². The maximum atomic E-state index is 13.7. The lowest BCUT2D eigenvalue weighted by molar-refractivity contribution is 0.126. The van der Waals surface area contributed by atoms with Crippen molar-refractivity contribution in [2.45, 2.75) is 19.4 Å². The van der Waals surface area contributed by atoms with Crippen LogP contribution in [-0.4, -0.2) is 56.2 Å². The number of hydrogen-bond donors (Lipinski definition) is 1. The molecule has 118 valence electrons. The van der Waals surface area contributed by atoms with Crippen LogP contribution < -0.4 is 10.5 Å². The predicted molar refractivity (Wildman–Crippen MR) is 83.0 cm³/mol. The van der Waals surface area contributed by atoms with Gasteiger partial charge in [0.25, 0.3) is 0 Å². The molecule has 1 heterocycles. The van der Waals surface area contributed by atoms with E-state index in [1.165, 1.54) is 13.5 Å². The van der Waals surface area contributed by atoms with Crippen LogP contribution in [0, 0.1) is 5.82 Å². The van der Waals surface area contributed by atoms with Crippen LogP contribution in [0.5, 0.6) is 5.75 Å². The number of methoxy groups -OCH3 is 1. The van der Waals surface area contributed by atoms with Gasteiger partial charge in [0.2, 0.25) is 0 Å². The molecule has 0 amide bonds. The summed E-state index contributed by atoms with van der Waals surface area (Å²) in [4.78, 5) is 4.86. The molecule has 0 aliphatic carbocycles. The molecule has 1 aromatic carbocycles. The van der Waals surface area contributed by atoms with Crippen LogP contribution in [0.25, 0.3) is 0 Å². The molecule has 0 spiro atoms. The van der Waals surface area contributed by atoms with E-state index < -0.39 is 0 Å². The highest BCUT2D eigenvalue weighted by molar-refractivity contribution is 5.29. The Balaban J connectivity index is 1.77. The standard InChI is InChI=1S/C16H26FN3O/c1-21-16-5-4-14(12-15(16)17)13-20-10-8-19(9-11-20)7-3-2-6-18/h4-5,12H,2-3,6-11,13,18H2,1H3. The Morgan fingerprint density at radius 1 is 1.14 bits per heavy atom. The Hall–Kier alpha value is -1.17. The van der Waals surface area contributed by atoms with Crippen molar-refractivity contribution < 1.29 is 9.13 Å². The Bertz CT molecular complexity index is 434. The Morgan fingerprint density at radius 2 is 1.86 bits per heavy atom. The molecule has 1 fully saturated rings. The molecule has 2 rings (SSSR count). The third-order valence-corrected chi connectivity index (χ3v) is 4.02. The van der Waals surface area contributed by atoms with Gasteiger partial charge < -0.3 is 15.4 Å². The SMILES string of the molecule is COc1ccc(CN2CCN(CCCCN)CC2)cc1F. The average Bonchev–Trinajstić information content (AvgIpc) is 2.49. The molecule has 0 bridgehead atoms. The Labute approximate surface area is 126 Å². The fraction of sp³-hybridized carbons (Fsp3) is 0.625. The highest BCUT2D eigenvalue weighted by Crippen LogP contribution is 2.19. The van der Waals surface area contributed by atoms with Crippen molar-refractivity contribution in [1.82, 2.24) is 9.80 Å². The van der Waals surface area contributed by atoms with Crippen LogP contribution >= 0.6 is 0 Å². The maximum absolute atomic E-state index is 13.7. The lowest BCUT2D eigenvalue weighted by atomic mass is 10.1. The molecule has 0 saturated carbocycles. The van der Waals surface area contributed by atoms with E-state index in [0.717, 1.165) is 57.8 Å². The lowest BCUT2D eigenvalue weighted by Gasteiger charge is -2.34. The summed E-state index contributed by atoms with van der Waals surface area (Å²) in [5.41, 5.74) is 6.52. The molecule has 0 unspecified atom stereocenters. The predicted octanol–water partition coefficient (Wildman–Crippen LogP) is 1.69. The zero-order valence-corrected chi connectivity index (χ0v) is 12.9. The van der Waals surface area contributed by atoms with Crippen molar-refractivity contribution in [1.29, 1.82) is 0 Å². The lowest BCUT2D eigenvalue weighted by Crippen LogP contribution is -2.46. The number of nitrogens with zero attached hydrogens (tertiary/aromatic N) is 2. The summed E-state index contributed by atoms with van der Waals surface area (Å²) in [5, 5.41) is 0. The molecule has 21 heavy (non-hydrogen) atoms. The summed E-state index contributed by atoms with van der Waals surface area (Å²) >= 11 is 0. The first-order chi connectivity index (χ1) is 10.2. The minimum Gasteiger partial charge on any atom is -0.494 e. The topological polar surface area (TPSA) is 41.7 Å². The minimum absolute atomic E-state index is 0.282. The van der Waals surface area contributed by atoms with Gasteiger partial charge in [0.15, 0.2) is 11.6 Å². The van der Waals surface area contributed by atoms with Crippen LogP contribution in [0.15, 0.2) is 18.2 Å². The fourth-order valence-electron chi connectivity index (χ4n) is 2.72. The molecule has 0 atom stereocenters. The molecule has 1 saturated heterocycles. The zero-order valence-electron chi connectivity index (χ0n) is 12.9. The molecule has 1 aromatic rings. The van der Waals surface area contributed by atoms with Crippen LogP contribution in [0.1, 0.15) is 18.4 Å². The van der Waals surface area contributed by atoms with Crippen LogP contribution in [0.3, 0.4) is 0 Å². The van der Waals surface area contributed by atoms with E-state index >= 15 is 0 Å². The first-order valence-corrected chi connectivity index (χ1v) is 7.70. The third kappa shape index (κ3) is 4.95. The number of benzene rings is 1. The second-order valence-electron chi connectivity index (χ2n) is 5.58. The van der Waals surface area contributed by atoms with E-state index in [1.54, 1.807) is 12.1 Å².